The minimum absolute atomic E-state index is 0.0309. The standard InChI is InChI=1S/C19H37N3O4S/c1-14(2)11-12-17(21-18(23)15(3)20)19(24)22-27(25,26)13-16-9-7-5-4-6-8-10-16/h14-17H,4-13,20H2,1-3H3,(H,21,23)(H,22,24)/t15-,17-/m0/s1. The molecule has 158 valence electrons. The predicted molar refractivity (Wildman–Crippen MR) is 107 cm³/mol. The van der Waals surface area contributed by atoms with Gasteiger partial charge in [0.1, 0.15) is 6.04 Å². The SMILES string of the molecule is CC(C)CC[C@H](NC(=O)[C@H](C)N)C(=O)NS(=O)(=O)CC1CCCCCCC1. The van der Waals surface area contributed by atoms with Gasteiger partial charge in [0.2, 0.25) is 15.9 Å². The fraction of sp³-hybridized carbons (Fsp3) is 0.895. The molecular weight excluding hydrogens is 366 g/mol. The number of hydrogen-bond donors (Lipinski definition) is 3. The van der Waals surface area contributed by atoms with Gasteiger partial charge in [-0.3, -0.25) is 14.3 Å². The Balaban J connectivity index is 2.70. The van der Waals surface area contributed by atoms with Crippen LogP contribution in [0.4, 0.5) is 0 Å². The van der Waals surface area contributed by atoms with Crippen LogP contribution in [0.1, 0.15) is 78.6 Å². The molecule has 7 nitrogen and oxygen atoms in total. The summed E-state index contributed by atoms with van der Waals surface area (Å²) in [5.41, 5.74) is 5.56. The molecule has 1 fully saturated rings. The summed E-state index contributed by atoms with van der Waals surface area (Å²) in [6, 6.07) is -1.65. The van der Waals surface area contributed by atoms with Gasteiger partial charge in [0.15, 0.2) is 0 Å². The zero-order chi connectivity index (χ0) is 20.4. The van der Waals surface area contributed by atoms with Crippen molar-refractivity contribution in [2.24, 2.45) is 17.6 Å². The Kier molecular flexibility index (Phi) is 10.3. The number of nitrogens with two attached hydrogens (primary N) is 1. The van der Waals surface area contributed by atoms with Crippen molar-refractivity contribution in [2.45, 2.75) is 90.6 Å². The molecule has 1 rings (SSSR count). The summed E-state index contributed by atoms with van der Waals surface area (Å²) in [4.78, 5) is 24.4. The minimum atomic E-state index is -3.73. The molecule has 0 aromatic heterocycles. The van der Waals surface area contributed by atoms with E-state index in [9.17, 15) is 18.0 Å². The van der Waals surface area contributed by atoms with E-state index in [-0.39, 0.29) is 11.7 Å². The molecule has 0 saturated heterocycles. The summed E-state index contributed by atoms with van der Waals surface area (Å²) in [5.74, 6) is -0.745. The first kappa shape index (κ1) is 23.9. The molecule has 8 heteroatoms. The molecule has 0 bridgehead atoms. The van der Waals surface area contributed by atoms with E-state index >= 15 is 0 Å². The Morgan fingerprint density at radius 1 is 0.963 bits per heavy atom. The predicted octanol–water partition coefficient (Wildman–Crippen LogP) is 2.06. The highest BCUT2D eigenvalue weighted by Gasteiger charge is 2.27. The number of carbonyl (C=O) groups excluding carboxylic acids is 2. The Morgan fingerprint density at radius 3 is 2.04 bits per heavy atom. The summed E-state index contributed by atoms with van der Waals surface area (Å²) in [6.45, 7) is 5.54. The second kappa shape index (κ2) is 11.6. The molecule has 1 aliphatic rings. The molecule has 0 spiro atoms. The quantitative estimate of drug-likeness (QED) is 0.544. The molecule has 1 aliphatic carbocycles. The Hall–Kier alpha value is -1.15. The summed E-state index contributed by atoms with van der Waals surface area (Å²) in [5, 5.41) is 2.58. The van der Waals surface area contributed by atoms with Crippen LogP contribution in [0.2, 0.25) is 0 Å². The monoisotopic (exact) mass is 403 g/mol. The van der Waals surface area contributed by atoms with Crippen molar-refractivity contribution >= 4 is 21.8 Å². The zero-order valence-electron chi connectivity index (χ0n) is 17.0. The number of sulfonamides is 1. The van der Waals surface area contributed by atoms with Gasteiger partial charge in [-0.1, -0.05) is 46.0 Å². The molecule has 0 unspecified atom stereocenters. The van der Waals surface area contributed by atoms with E-state index in [1.807, 2.05) is 13.8 Å². The van der Waals surface area contributed by atoms with Crippen LogP contribution in [0.25, 0.3) is 0 Å². The van der Waals surface area contributed by atoms with E-state index in [2.05, 4.69) is 10.0 Å². The van der Waals surface area contributed by atoms with Gasteiger partial charge in [-0.15, -0.1) is 0 Å². The average Bonchev–Trinajstić information content (AvgIpc) is 2.52. The first-order valence-electron chi connectivity index (χ1n) is 10.2. The molecule has 0 aromatic carbocycles. The lowest BCUT2D eigenvalue weighted by molar-refractivity contribution is -0.128. The molecular formula is C19H37N3O4S. The van der Waals surface area contributed by atoms with Gasteiger partial charge in [0.25, 0.3) is 5.91 Å². The van der Waals surface area contributed by atoms with Crippen molar-refractivity contribution in [3.63, 3.8) is 0 Å². The molecule has 27 heavy (non-hydrogen) atoms. The van der Waals surface area contributed by atoms with Crippen LogP contribution >= 0.6 is 0 Å². The first-order chi connectivity index (χ1) is 12.6. The number of nitrogens with one attached hydrogen (secondary N) is 2. The van der Waals surface area contributed by atoms with Crippen LogP contribution in [0.3, 0.4) is 0 Å². The Labute approximate surface area is 164 Å². The maximum absolute atomic E-state index is 12.5. The van der Waals surface area contributed by atoms with Crippen molar-refractivity contribution in [2.75, 3.05) is 5.75 Å². The van der Waals surface area contributed by atoms with E-state index in [4.69, 9.17) is 5.73 Å². The van der Waals surface area contributed by atoms with Crippen LogP contribution in [-0.2, 0) is 19.6 Å². The highest BCUT2D eigenvalue weighted by molar-refractivity contribution is 7.90. The second-order valence-corrected chi connectivity index (χ2v) is 10.0. The number of carbonyl (C=O) groups is 2. The van der Waals surface area contributed by atoms with Gasteiger partial charge < -0.3 is 11.1 Å². The normalized spacial score (nSPS) is 19.0. The van der Waals surface area contributed by atoms with Crippen molar-refractivity contribution in [3.05, 3.63) is 0 Å². The highest BCUT2D eigenvalue weighted by Crippen LogP contribution is 2.23. The van der Waals surface area contributed by atoms with Gasteiger partial charge in [0.05, 0.1) is 11.8 Å². The second-order valence-electron chi connectivity index (χ2n) is 8.28. The first-order valence-corrected chi connectivity index (χ1v) is 11.9. The summed E-state index contributed by atoms with van der Waals surface area (Å²) < 4.78 is 27.2. The van der Waals surface area contributed by atoms with Gasteiger partial charge in [0, 0.05) is 0 Å². The third-order valence-electron chi connectivity index (χ3n) is 5.02. The van der Waals surface area contributed by atoms with Gasteiger partial charge >= 0.3 is 0 Å². The van der Waals surface area contributed by atoms with E-state index in [0.717, 1.165) is 38.5 Å². The lowest BCUT2D eigenvalue weighted by atomic mass is 9.93. The fourth-order valence-electron chi connectivity index (χ4n) is 3.36. The molecule has 1 saturated carbocycles. The van der Waals surface area contributed by atoms with E-state index < -0.39 is 33.9 Å². The molecule has 2 amide bonds. The number of hydrogen-bond acceptors (Lipinski definition) is 5. The maximum atomic E-state index is 12.5. The van der Waals surface area contributed by atoms with E-state index in [1.54, 1.807) is 0 Å². The van der Waals surface area contributed by atoms with Gasteiger partial charge in [-0.05, 0) is 44.4 Å². The van der Waals surface area contributed by atoms with Crippen LogP contribution in [0.5, 0.6) is 0 Å². The smallest absolute Gasteiger partial charge is 0.255 e. The molecule has 2 atom stereocenters. The van der Waals surface area contributed by atoms with Crippen molar-refractivity contribution < 1.29 is 18.0 Å². The lowest BCUT2D eigenvalue weighted by Crippen LogP contribution is -2.52. The molecule has 0 aliphatic heterocycles. The molecule has 0 aromatic rings. The topological polar surface area (TPSA) is 118 Å². The summed E-state index contributed by atoms with van der Waals surface area (Å²) in [7, 11) is -3.73. The minimum Gasteiger partial charge on any atom is -0.343 e. The van der Waals surface area contributed by atoms with Gasteiger partial charge in [-0.25, -0.2) is 8.42 Å². The third-order valence-corrected chi connectivity index (χ3v) is 6.44. The third kappa shape index (κ3) is 10.1. The Morgan fingerprint density at radius 2 is 1.52 bits per heavy atom. The van der Waals surface area contributed by atoms with E-state index in [1.165, 1.54) is 13.3 Å². The highest BCUT2D eigenvalue weighted by atomic mass is 32.2. The zero-order valence-corrected chi connectivity index (χ0v) is 17.8. The van der Waals surface area contributed by atoms with E-state index in [0.29, 0.717) is 18.8 Å². The van der Waals surface area contributed by atoms with Crippen LogP contribution in [0, 0.1) is 11.8 Å². The molecule has 0 heterocycles. The van der Waals surface area contributed by atoms with Crippen molar-refractivity contribution in [1.29, 1.82) is 0 Å². The van der Waals surface area contributed by atoms with Crippen LogP contribution in [-0.4, -0.2) is 38.1 Å². The maximum Gasteiger partial charge on any atom is 0.255 e. The van der Waals surface area contributed by atoms with Crippen molar-refractivity contribution in [3.8, 4) is 0 Å². The summed E-state index contributed by atoms with van der Waals surface area (Å²) >= 11 is 0. The summed E-state index contributed by atoms with van der Waals surface area (Å²) in [6.07, 6.45) is 8.41. The van der Waals surface area contributed by atoms with Crippen LogP contribution in [0.15, 0.2) is 0 Å². The largest absolute Gasteiger partial charge is 0.343 e. The average molecular weight is 404 g/mol. The van der Waals surface area contributed by atoms with Crippen molar-refractivity contribution in [1.82, 2.24) is 10.0 Å². The number of amides is 2. The Bertz CT molecular complexity index is 568. The number of rotatable bonds is 9. The van der Waals surface area contributed by atoms with Crippen LogP contribution < -0.4 is 15.8 Å². The van der Waals surface area contributed by atoms with Gasteiger partial charge in [-0.2, -0.15) is 0 Å². The molecule has 0 radical (unpaired) electrons. The lowest BCUT2D eigenvalue weighted by Gasteiger charge is -2.22. The molecule has 4 N–H and O–H groups in total. The fourth-order valence-corrected chi connectivity index (χ4v) is 4.84.